The fourth-order valence-corrected chi connectivity index (χ4v) is 1.71. The van der Waals surface area contributed by atoms with Crippen LogP contribution in [0.5, 0.6) is 0 Å². The van der Waals surface area contributed by atoms with Crippen molar-refractivity contribution in [2.45, 2.75) is 0 Å². The van der Waals surface area contributed by atoms with E-state index >= 15 is 0 Å². The fourth-order valence-electron chi connectivity index (χ4n) is 1.71. The first kappa shape index (κ1) is 11.1. The highest BCUT2D eigenvalue weighted by atomic mass is 19.1. The molecule has 0 unspecified atom stereocenters. The molecule has 0 aliphatic heterocycles. The van der Waals surface area contributed by atoms with E-state index in [2.05, 4.69) is 0 Å². The van der Waals surface area contributed by atoms with E-state index in [4.69, 9.17) is 11.5 Å². The average Bonchev–Trinajstić information content (AvgIpc) is 2.30. The van der Waals surface area contributed by atoms with Crippen LogP contribution >= 0.6 is 0 Å². The molecule has 0 heterocycles. The quantitative estimate of drug-likeness (QED) is 0.776. The Kier molecular flexibility index (Phi) is 2.78. The predicted molar refractivity (Wildman–Crippen MR) is 64.8 cm³/mol. The molecule has 2 rings (SSSR count). The molecule has 2 aromatic carbocycles. The van der Waals surface area contributed by atoms with Gasteiger partial charge in [-0.25, -0.2) is 4.39 Å². The van der Waals surface area contributed by atoms with Crippen LogP contribution in [-0.2, 0) is 0 Å². The Hall–Kier alpha value is -2.36. The smallest absolute Gasteiger partial charge is 0.249 e. The molecule has 0 aliphatic rings. The highest BCUT2D eigenvalue weighted by Crippen LogP contribution is 2.29. The van der Waals surface area contributed by atoms with Gasteiger partial charge in [-0.15, -0.1) is 0 Å². The van der Waals surface area contributed by atoms with Crippen LogP contribution in [0.2, 0.25) is 0 Å². The molecule has 0 atom stereocenters. The molecule has 3 nitrogen and oxygen atoms in total. The molecule has 1 amide bonds. The lowest BCUT2D eigenvalue weighted by Crippen LogP contribution is -2.13. The van der Waals surface area contributed by atoms with E-state index in [-0.39, 0.29) is 5.82 Å². The predicted octanol–water partition coefficient (Wildman–Crippen LogP) is 2.17. The highest BCUT2D eigenvalue weighted by Gasteiger charge is 2.12. The first-order chi connectivity index (χ1) is 8.09. The molecule has 0 spiro atoms. The van der Waals surface area contributed by atoms with Crippen LogP contribution in [-0.4, -0.2) is 5.91 Å². The van der Waals surface area contributed by atoms with Crippen molar-refractivity contribution in [3.63, 3.8) is 0 Å². The highest BCUT2D eigenvalue weighted by molar-refractivity contribution is 6.02. The average molecular weight is 230 g/mol. The number of hydrogen-bond acceptors (Lipinski definition) is 2. The molecule has 17 heavy (non-hydrogen) atoms. The summed E-state index contributed by atoms with van der Waals surface area (Å²) in [5.41, 5.74) is 13.1. The maximum atomic E-state index is 12.8. The van der Waals surface area contributed by atoms with Gasteiger partial charge in [0.15, 0.2) is 0 Å². The molecule has 0 aromatic heterocycles. The van der Waals surface area contributed by atoms with E-state index in [1.807, 2.05) is 0 Å². The Labute approximate surface area is 97.9 Å². The van der Waals surface area contributed by atoms with Crippen molar-refractivity contribution in [1.82, 2.24) is 0 Å². The molecule has 86 valence electrons. The Morgan fingerprint density at radius 3 is 2.29 bits per heavy atom. The van der Waals surface area contributed by atoms with E-state index in [0.29, 0.717) is 22.4 Å². The zero-order valence-electron chi connectivity index (χ0n) is 8.98. The van der Waals surface area contributed by atoms with Gasteiger partial charge in [-0.2, -0.15) is 0 Å². The summed E-state index contributed by atoms with van der Waals surface area (Å²) in [5, 5.41) is 0. The van der Waals surface area contributed by atoms with Crippen LogP contribution in [0, 0.1) is 5.82 Å². The number of primary amides is 1. The third-order valence-corrected chi connectivity index (χ3v) is 2.50. The standard InChI is InChI=1S/C13H11FN2O/c14-9-6-4-8(5-7-9)12-10(13(16)17)2-1-3-11(12)15/h1-7H,15H2,(H2,16,17). The second kappa shape index (κ2) is 4.25. The summed E-state index contributed by atoms with van der Waals surface area (Å²) in [7, 11) is 0. The maximum Gasteiger partial charge on any atom is 0.249 e. The summed E-state index contributed by atoms with van der Waals surface area (Å²) in [5.74, 6) is -0.902. The number of carbonyl (C=O) groups is 1. The molecule has 4 heteroatoms. The molecule has 2 aromatic rings. The number of carbonyl (C=O) groups excluding carboxylic acids is 1. The lowest BCUT2D eigenvalue weighted by molar-refractivity contribution is 0.100. The summed E-state index contributed by atoms with van der Waals surface area (Å²) >= 11 is 0. The molecule has 0 saturated carbocycles. The van der Waals surface area contributed by atoms with Crippen LogP contribution in [0.3, 0.4) is 0 Å². The topological polar surface area (TPSA) is 69.1 Å². The summed E-state index contributed by atoms with van der Waals surface area (Å²) in [6.07, 6.45) is 0. The van der Waals surface area contributed by atoms with Crippen molar-refractivity contribution >= 4 is 11.6 Å². The monoisotopic (exact) mass is 230 g/mol. The second-order valence-corrected chi connectivity index (χ2v) is 3.64. The molecular formula is C13H11FN2O. The normalized spacial score (nSPS) is 10.2. The summed E-state index contributed by atoms with van der Waals surface area (Å²) < 4.78 is 12.8. The van der Waals surface area contributed by atoms with E-state index < -0.39 is 5.91 Å². The summed E-state index contributed by atoms with van der Waals surface area (Å²) in [6, 6.07) is 10.7. The van der Waals surface area contributed by atoms with Gasteiger partial charge in [-0.3, -0.25) is 4.79 Å². The Balaban J connectivity index is 2.65. The van der Waals surface area contributed by atoms with Crippen LogP contribution in [0.25, 0.3) is 11.1 Å². The number of rotatable bonds is 2. The molecule has 0 aliphatic carbocycles. The number of nitrogens with two attached hydrogens (primary N) is 2. The third kappa shape index (κ3) is 2.10. The molecule has 0 saturated heterocycles. The number of amides is 1. The van der Waals surface area contributed by atoms with E-state index in [1.165, 1.54) is 12.1 Å². The Bertz CT molecular complexity index is 564. The van der Waals surface area contributed by atoms with Gasteiger partial charge >= 0.3 is 0 Å². The van der Waals surface area contributed by atoms with Gasteiger partial charge in [-0.1, -0.05) is 18.2 Å². The zero-order chi connectivity index (χ0) is 12.4. The van der Waals surface area contributed by atoms with Crippen LogP contribution in [0.1, 0.15) is 10.4 Å². The van der Waals surface area contributed by atoms with Crippen LogP contribution < -0.4 is 11.5 Å². The van der Waals surface area contributed by atoms with E-state index in [0.717, 1.165) is 0 Å². The van der Waals surface area contributed by atoms with Gasteiger partial charge in [0.05, 0.1) is 0 Å². The van der Waals surface area contributed by atoms with Gasteiger partial charge in [0.25, 0.3) is 0 Å². The fraction of sp³-hybridized carbons (Fsp3) is 0. The SMILES string of the molecule is NC(=O)c1cccc(N)c1-c1ccc(F)cc1. The van der Waals surface area contributed by atoms with Crippen molar-refractivity contribution in [2.24, 2.45) is 5.73 Å². The summed E-state index contributed by atoms with van der Waals surface area (Å²) in [6.45, 7) is 0. The van der Waals surface area contributed by atoms with Crippen molar-refractivity contribution in [3.8, 4) is 11.1 Å². The van der Waals surface area contributed by atoms with E-state index in [9.17, 15) is 9.18 Å². The van der Waals surface area contributed by atoms with Gasteiger partial charge in [-0.05, 0) is 29.8 Å². The molecule has 0 radical (unpaired) electrons. The van der Waals surface area contributed by atoms with Gasteiger partial charge in [0, 0.05) is 16.8 Å². The molecular weight excluding hydrogens is 219 g/mol. The number of benzene rings is 2. The second-order valence-electron chi connectivity index (χ2n) is 3.64. The first-order valence-corrected chi connectivity index (χ1v) is 5.04. The Morgan fingerprint density at radius 2 is 1.71 bits per heavy atom. The molecule has 0 fully saturated rings. The van der Waals surface area contributed by atoms with Crippen LogP contribution in [0.4, 0.5) is 10.1 Å². The van der Waals surface area contributed by atoms with E-state index in [1.54, 1.807) is 30.3 Å². The largest absolute Gasteiger partial charge is 0.398 e. The number of nitrogen functional groups attached to an aromatic ring is 1. The minimum absolute atomic E-state index is 0.330. The van der Waals surface area contributed by atoms with Crippen molar-refractivity contribution in [1.29, 1.82) is 0 Å². The number of halogens is 1. The van der Waals surface area contributed by atoms with Crippen LogP contribution in [0.15, 0.2) is 42.5 Å². The maximum absolute atomic E-state index is 12.8. The zero-order valence-corrected chi connectivity index (χ0v) is 8.98. The number of hydrogen-bond donors (Lipinski definition) is 2. The minimum atomic E-state index is -0.559. The lowest BCUT2D eigenvalue weighted by Gasteiger charge is -2.10. The minimum Gasteiger partial charge on any atom is -0.398 e. The lowest BCUT2D eigenvalue weighted by atomic mass is 9.97. The summed E-state index contributed by atoms with van der Waals surface area (Å²) in [4.78, 5) is 11.3. The molecule has 0 bridgehead atoms. The Morgan fingerprint density at radius 1 is 1.06 bits per heavy atom. The van der Waals surface area contributed by atoms with Gasteiger partial charge in [0.1, 0.15) is 5.82 Å². The number of anilines is 1. The van der Waals surface area contributed by atoms with Gasteiger partial charge < -0.3 is 11.5 Å². The van der Waals surface area contributed by atoms with Crippen molar-refractivity contribution < 1.29 is 9.18 Å². The van der Waals surface area contributed by atoms with Crippen molar-refractivity contribution in [2.75, 3.05) is 5.73 Å². The van der Waals surface area contributed by atoms with Crippen molar-refractivity contribution in [3.05, 3.63) is 53.8 Å². The third-order valence-electron chi connectivity index (χ3n) is 2.50. The van der Waals surface area contributed by atoms with Gasteiger partial charge in [0.2, 0.25) is 5.91 Å². The molecule has 4 N–H and O–H groups in total. The first-order valence-electron chi connectivity index (χ1n) is 5.04.